The van der Waals surface area contributed by atoms with Crippen molar-refractivity contribution in [3.8, 4) is 11.5 Å². The van der Waals surface area contributed by atoms with Gasteiger partial charge < -0.3 is 9.84 Å². The quantitative estimate of drug-likeness (QED) is 0.838. The summed E-state index contributed by atoms with van der Waals surface area (Å²) in [4.78, 5) is 12.9. The average molecular weight is 320 g/mol. The lowest BCUT2D eigenvalue weighted by Crippen LogP contribution is -2.32. The van der Waals surface area contributed by atoms with Gasteiger partial charge in [0.15, 0.2) is 5.78 Å². The summed E-state index contributed by atoms with van der Waals surface area (Å²) in [5.41, 5.74) is 2.68. The molecule has 122 valence electrons. The topological polar surface area (TPSA) is 46.5 Å². The molecule has 1 unspecified atom stereocenters. The van der Waals surface area contributed by atoms with Gasteiger partial charge in [0.25, 0.3) is 0 Å². The minimum atomic E-state index is -0.130. The summed E-state index contributed by atoms with van der Waals surface area (Å²) in [7, 11) is 0. The Morgan fingerprint density at radius 1 is 1.08 bits per heavy atom. The van der Waals surface area contributed by atoms with E-state index in [1.807, 2.05) is 36.4 Å². The highest BCUT2D eigenvalue weighted by Crippen LogP contribution is 2.50. The largest absolute Gasteiger partial charge is 0.508 e. The smallest absolute Gasteiger partial charge is 0.163 e. The minimum absolute atomic E-state index is 0.106. The van der Waals surface area contributed by atoms with Gasteiger partial charge in [0.1, 0.15) is 17.3 Å². The second kappa shape index (κ2) is 5.23. The fourth-order valence-corrected chi connectivity index (χ4v) is 3.82. The third kappa shape index (κ3) is 2.41. The number of benzene rings is 2. The van der Waals surface area contributed by atoms with Crippen molar-refractivity contribution in [2.24, 2.45) is 5.41 Å². The summed E-state index contributed by atoms with van der Waals surface area (Å²) in [5, 5.41) is 9.83. The van der Waals surface area contributed by atoms with Crippen LogP contribution >= 0.6 is 0 Å². The summed E-state index contributed by atoms with van der Waals surface area (Å²) >= 11 is 0. The van der Waals surface area contributed by atoms with Crippen molar-refractivity contribution >= 4 is 5.78 Å². The molecule has 2 aromatic carbocycles. The molecule has 1 N–H and O–H groups in total. The second-order valence-corrected chi connectivity index (χ2v) is 7.45. The van der Waals surface area contributed by atoms with E-state index in [4.69, 9.17) is 4.74 Å². The number of carbonyl (C=O) groups is 1. The Morgan fingerprint density at radius 2 is 1.83 bits per heavy atom. The van der Waals surface area contributed by atoms with Crippen LogP contribution in [0.4, 0.5) is 0 Å². The van der Waals surface area contributed by atoms with Crippen LogP contribution in [0.3, 0.4) is 0 Å². The summed E-state index contributed by atoms with van der Waals surface area (Å²) in [6.07, 6.45) is 1.26. The third-order valence-corrected chi connectivity index (χ3v) is 4.84. The zero-order chi connectivity index (χ0) is 16.9. The van der Waals surface area contributed by atoms with E-state index in [2.05, 4.69) is 13.8 Å². The normalized spacial score (nSPS) is 21.8. The van der Waals surface area contributed by atoms with E-state index >= 15 is 0 Å². The van der Waals surface area contributed by atoms with Crippen molar-refractivity contribution in [2.45, 2.75) is 32.6 Å². The lowest BCUT2D eigenvalue weighted by atomic mass is 9.70. The highest BCUT2D eigenvalue weighted by atomic mass is 16.5. The van der Waals surface area contributed by atoms with Gasteiger partial charge >= 0.3 is 0 Å². The molecule has 1 heterocycles. The van der Waals surface area contributed by atoms with Crippen molar-refractivity contribution in [2.75, 3.05) is 0 Å². The fourth-order valence-electron chi connectivity index (χ4n) is 3.82. The highest BCUT2D eigenvalue weighted by molar-refractivity contribution is 6.00. The van der Waals surface area contributed by atoms with Crippen LogP contribution in [-0.2, 0) is 4.79 Å². The average Bonchev–Trinajstić information content (AvgIpc) is 2.52. The predicted octanol–water partition coefficient (Wildman–Crippen LogP) is 4.56. The molecule has 1 atom stereocenters. The molecule has 1 aliphatic heterocycles. The first-order valence-corrected chi connectivity index (χ1v) is 8.26. The maximum absolute atomic E-state index is 12.9. The SMILES string of the molecule is CC1(C)CC(=O)C2=C(C1)Oc1cc(O)ccc1C2c1ccccc1. The Bertz CT molecular complexity index is 847. The zero-order valence-corrected chi connectivity index (χ0v) is 13.9. The monoisotopic (exact) mass is 320 g/mol. The van der Waals surface area contributed by atoms with Crippen LogP contribution in [0.25, 0.3) is 0 Å². The van der Waals surface area contributed by atoms with Crippen LogP contribution in [0, 0.1) is 5.41 Å². The molecule has 3 nitrogen and oxygen atoms in total. The predicted molar refractivity (Wildman–Crippen MR) is 92.1 cm³/mol. The highest BCUT2D eigenvalue weighted by Gasteiger charge is 2.41. The first-order valence-electron chi connectivity index (χ1n) is 8.26. The van der Waals surface area contributed by atoms with Gasteiger partial charge in [0.05, 0.1) is 0 Å². The molecule has 2 aliphatic rings. The maximum Gasteiger partial charge on any atom is 0.163 e. The lowest BCUT2D eigenvalue weighted by molar-refractivity contribution is -0.118. The third-order valence-electron chi connectivity index (χ3n) is 4.84. The first kappa shape index (κ1) is 15.0. The number of phenolic OH excluding ortho intramolecular Hbond substituents is 1. The molecule has 0 saturated carbocycles. The number of rotatable bonds is 1. The Labute approximate surface area is 141 Å². The number of hydrogen-bond acceptors (Lipinski definition) is 3. The number of allylic oxidation sites excluding steroid dienone is 2. The van der Waals surface area contributed by atoms with Crippen molar-refractivity contribution in [1.82, 2.24) is 0 Å². The van der Waals surface area contributed by atoms with Crippen LogP contribution in [0.1, 0.15) is 43.7 Å². The molecular formula is C21H20O3. The molecular weight excluding hydrogens is 300 g/mol. The molecule has 3 heteroatoms. The number of aromatic hydroxyl groups is 1. The molecule has 0 bridgehead atoms. The van der Waals surface area contributed by atoms with E-state index in [1.165, 1.54) is 0 Å². The van der Waals surface area contributed by atoms with Gasteiger partial charge in [-0.3, -0.25) is 4.79 Å². The van der Waals surface area contributed by atoms with Gasteiger partial charge in [0.2, 0.25) is 0 Å². The molecule has 0 amide bonds. The number of carbonyl (C=O) groups excluding carboxylic acids is 1. The van der Waals surface area contributed by atoms with Gasteiger partial charge in [0, 0.05) is 36.0 Å². The number of Topliss-reactive ketones (excluding diaryl/α,β-unsaturated/α-hetero) is 1. The standard InChI is InChI=1S/C21H20O3/c1-21(2)11-16(23)20-18(12-21)24-17-10-14(22)8-9-15(17)19(20)13-6-4-3-5-7-13/h3-10,19,22H,11-12H2,1-2H3. The van der Waals surface area contributed by atoms with Crippen LogP contribution in [0.5, 0.6) is 11.5 Å². The minimum Gasteiger partial charge on any atom is -0.508 e. The molecule has 4 rings (SSSR count). The number of ketones is 1. The van der Waals surface area contributed by atoms with Crippen LogP contribution in [0.15, 0.2) is 59.9 Å². The maximum atomic E-state index is 12.9. The summed E-state index contributed by atoms with van der Waals surface area (Å²) < 4.78 is 6.07. The Kier molecular flexibility index (Phi) is 3.27. The van der Waals surface area contributed by atoms with Gasteiger partial charge in [-0.1, -0.05) is 50.2 Å². The molecule has 0 fully saturated rings. The number of ether oxygens (including phenoxy) is 1. The van der Waals surface area contributed by atoms with Crippen molar-refractivity contribution in [3.05, 3.63) is 71.0 Å². The van der Waals surface area contributed by atoms with Gasteiger partial charge in [-0.15, -0.1) is 0 Å². The molecule has 2 aromatic rings. The molecule has 0 aromatic heterocycles. The van der Waals surface area contributed by atoms with Gasteiger partial charge in [-0.05, 0) is 17.0 Å². The van der Waals surface area contributed by atoms with E-state index in [0.29, 0.717) is 12.2 Å². The molecule has 0 spiro atoms. The van der Waals surface area contributed by atoms with Crippen LogP contribution < -0.4 is 4.74 Å². The number of phenols is 1. The van der Waals surface area contributed by atoms with E-state index < -0.39 is 0 Å². The summed E-state index contributed by atoms with van der Waals surface area (Å²) in [5.74, 6) is 1.60. The Morgan fingerprint density at radius 3 is 2.58 bits per heavy atom. The van der Waals surface area contributed by atoms with Crippen molar-refractivity contribution < 1.29 is 14.6 Å². The Hall–Kier alpha value is -2.55. The zero-order valence-electron chi connectivity index (χ0n) is 13.9. The molecule has 0 radical (unpaired) electrons. The second-order valence-electron chi connectivity index (χ2n) is 7.45. The first-order chi connectivity index (χ1) is 11.4. The lowest BCUT2D eigenvalue weighted by Gasteiger charge is -2.38. The van der Waals surface area contributed by atoms with Crippen molar-refractivity contribution in [3.63, 3.8) is 0 Å². The van der Waals surface area contributed by atoms with Gasteiger partial charge in [-0.25, -0.2) is 0 Å². The van der Waals surface area contributed by atoms with Gasteiger partial charge in [-0.2, -0.15) is 0 Å². The molecule has 0 saturated heterocycles. The van der Waals surface area contributed by atoms with E-state index in [9.17, 15) is 9.90 Å². The fraction of sp³-hybridized carbons (Fsp3) is 0.286. The summed E-state index contributed by atoms with van der Waals surface area (Å²) in [6, 6.07) is 15.2. The summed E-state index contributed by atoms with van der Waals surface area (Å²) in [6.45, 7) is 4.18. The van der Waals surface area contributed by atoms with E-state index in [-0.39, 0.29) is 22.9 Å². The van der Waals surface area contributed by atoms with Crippen LogP contribution in [-0.4, -0.2) is 10.9 Å². The van der Waals surface area contributed by atoms with E-state index in [0.717, 1.165) is 28.9 Å². The molecule has 1 aliphatic carbocycles. The Balaban J connectivity index is 1.94. The number of fused-ring (bicyclic) bond motifs is 1. The van der Waals surface area contributed by atoms with E-state index in [1.54, 1.807) is 12.1 Å². The number of hydrogen-bond donors (Lipinski definition) is 1. The van der Waals surface area contributed by atoms with Crippen molar-refractivity contribution in [1.29, 1.82) is 0 Å². The molecule has 24 heavy (non-hydrogen) atoms. The van der Waals surface area contributed by atoms with Crippen LogP contribution in [0.2, 0.25) is 0 Å².